The lowest BCUT2D eigenvalue weighted by atomic mass is 10.1. The van der Waals surface area contributed by atoms with Gasteiger partial charge in [0, 0.05) is 37.4 Å². The molecule has 3 rings (SSSR count). The SMILES string of the molecule is CCN1CCN(c2ccc(-c3cccc(N)c3)nn2)CC1. The van der Waals surface area contributed by atoms with E-state index in [1.54, 1.807) is 0 Å². The Bertz CT molecular complexity index is 588. The summed E-state index contributed by atoms with van der Waals surface area (Å²) in [6.45, 7) is 7.54. The Morgan fingerprint density at radius 1 is 1.05 bits per heavy atom. The molecule has 0 spiro atoms. The molecule has 1 aromatic heterocycles. The highest BCUT2D eigenvalue weighted by Gasteiger charge is 2.17. The number of benzene rings is 1. The first-order valence-electron chi connectivity index (χ1n) is 7.43. The molecule has 0 saturated carbocycles. The zero-order valence-electron chi connectivity index (χ0n) is 12.4. The fourth-order valence-corrected chi connectivity index (χ4v) is 2.64. The standard InChI is InChI=1S/C16H21N5/c1-2-20-8-10-21(11-9-20)16-7-6-15(18-19-16)13-4-3-5-14(17)12-13/h3-7,12H,2,8-11,17H2,1H3. The molecular weight excluding hydrogens is 262 g/mol. The van der Waals surface area contributed by atoms with Gasteiger partial charge in [0.15, 0.2) is 5.82 Å². The van der Waals surface area contributed by atoms with Crippen LogP contribution in [0.3, 0.4) is 0 Å². The molecule has 1 aliphatic rings. The highest BCUT2D eigenvalue weighted by Crippen LogP contribution is 2.21. The Labute approximate surface area is 125 Å². The van der Waals surface area contributed by atoms with Crippen LogP contribution in [-0.4, -0.2) is 47.8 Å². The maximum Gasteiger partial charge on any atom is 0.151 e. The molecule has 5 heteroatoms. The summed E-state index contributed by atoms with van der Waals surface area (Å²) in [6.07, 6.45) is 0. The monoisotopic (exact) mass is 283 g/mol. The van der Waals surface area contributed by atoms with Crippen LogP contribution in [-0.2, 0) is 0 Å². The lowest BCUT2D eigenvalue weighted by Gasteiger charge is -2.34. The van der Waals surface area contributed by atoms with Crippen molar-refractivity contribution in [3.05, 3.63) is 36.4 Å². The number of hydrogen-bond acceptors (Lipinski definition) is 5. The highest BCUT2D eigenvalue weighted by molar-refractivity contribution is 5.64. The van der Waals surface area contributed by atoms with Gasteiger partial charge in [-0.1, -0.05) is 19.1 Å². The minimum atomic E-state index is 0.745. The highest BCUT2D eigenvalue weighted by atomic mass is 15.3. The zero-order valence-corrected chi connectivity index (χ0v) is 12.4. The van der Waals surface area contributed by atoms with Crippen molar-refractivity contribution in [2.75, 3.05) is 43.4 Å². The molecule has 21 heavy (non-hydrogen) atoms. The van der Waals surface area contributed by atoms with Crippen LogP contribution in [0.15, 0.2) is 36.4 Å². The van der Waals surface area contributed by atoms with E-state index in [4.69, 9.17) is 5.73 Å². The Kier molecular flexibility index (Phi) is 4.01. The van der Waals surface area contributed by atoms with Crippen LogP contribution in [0.2, 0.25) is 0 Å². The summed E-state index contributed by atoms with van der Waals surface area (Å²) in [7, 11) is 0. The van der Waals surface area contributed by atoms with Crippen molar-refractivity contribution in [1.82, 2.24) is 15.1 Å². The average molecular weight is 283 g/mol. The first-order valence-corrected chi connectivity index (χ1v) is 7.43. The van der Waals surface area contributed by atoms with Crippen molar-refractivity contribution < 1.29 is 0 Å². The fourth-order valence-electron chi connectivity index (χ4n) is 2.64. The summed E-state index contributed by atoms with van der Waals surface area (Å²) in [5.41, 5.74) is 8.42. The predicted octanol–water partition coefficient (Wildman–Crippen LogP) is 1.87. The first-order chi connectivity index (χ1) is 10.3. The average Bonchev–Trinajstić information content (AvgIpc) is 2.55. The van der Waals surface area contributed by atoms with Gasteiger partial charge in [-0.05, 0) is 30.8 Å². The van der Waals surface area contributed by atoms with E-state index in [0.717, 1.165) is 55.5 Å². The lowest BCUT2D eigenvalue weighted by molar-refractivity contribution is 0.270. The number of anilines is 2. The van der Waals surface area contributed by atoms with Gasteiger partial charge in [0.05, 0.1) is 5.69 Å². The van der Waals surface area contributed by atoms with Gasteiger partial charge in [-0.3, -0.25) is 0 Å². The van der Waals surface area contributed by atoms with Crippen molar-refractivity contribution in [3.63, 3.8) is 0 Å². The third-order valence-electron chi connectivity index (χ3n) is 3.98. The molecule has 0 aliphatic carbocycles. The quantitative estimate of drug-likeness (QED) is 0.871. The molecule has 1 aliphatic heterocycles. The number of aromatic nitrogens is 2. The summed E-state index contributed by atoms with van der Waals surface area (Å²) in [5.74, 6) is 0.957. The van der Waals surface area contributed by atoms with Crippen LogP contribution in [0.1, 0.15) is 6.92 Å². The fraction of sp³-hybridized carbons (Fsp3) is 0.375. The molecular formula is C16H21N5. The van der Waals surface area contributed by atoms with E-state index in [-0.39, 0.29) is 0 Å². The van der Waals surface area contributed by atoms with E-state index >= 15 is 0 Å². The molecule has 1 aromatic carbocycles. The second-order valence-electron chi connectivity index (χ2n) is 5.32. The van der Waals surface area contributed by atoms with Crippen LogP contribution in [0.25, 0.3) is 11.3 Å². The van der Waals surface area contributed by atoms with Crippen LogP contribution in [0, 0.1) is 0 Å². The second-order valence-corrected chi connectivity index (χ2v) is 5.32. The minimum Gasteiger partial charge on any atom is -0.399 e. The van der Waals surface area contributed by atoms with Crippen LogP contribution in [0.4, 0.5) is 11.5 Å². The normalized spacial score (nSPS) is 16.1. The van der Waals surface area contributed by atoms with Crippen LogP contribution in [0.5, 0.6) is 0 Å². The Morgan fingerprint density at radius 2 is 1.86 bits per heavy atom. The lowest BCUT2D eigenvalue weighted by Crippen LogP contribution is -2.46. The van der Waals surface area contributed by atoms with Crippen molar-refractivity contribution >= 4 is 11.5 Å². The van der Waals surface area contributed by atoms with Gasteiger partial charge in [0.1, 0.15) is 0 Å². The topological polar surface area (TPSA) is 58.3 Å². The van der Waals surface area contributed by atoms with Gasteiger partial charge in [0.25, 0.3) is 0 Å². The maximum absolute atomic E-state index is 5.81. The number of hydrogen-bond donors (Lipinski definition) is 1. The van der Waals surface area contributed by atoms with Gasteiger partial charge in [0.2, 0.25) is 0 Å². The molecule has 110 valence electrons. The van der Waals surface area contributed by atoms with Crippen molar-refractivity contribution in [2.45, 2.75) is 6.92 Å². The van der Waals surface area contributed by atoms with Crippen molar-refractivity contribution in [2.24, 2.45) is 0 Å². The summed E-state index contributed by atoms with van der Waals surface area (Å²) < 4.78 is 0. The van der Waals surface area contributed by atoms with Crippen LogP contribution < -0.4 is 10.6 Å². The van der Waals surface area contributed by atoms with Crippen molar-refractivity contribution in [1.29, 1.82) is 0 Å². The molecule has 1 fully saturated rings. The van der Waals surface area contributed by atoms with Gasteiger partial charge in [-0.25, -0.2) is 0 Å². The summed E-state index contributed by atoms with van der Waals surface area (Å²) in [5, 5.41) is 8.72. The van der Waals surface area contributed by atoms with Crippen molar-refractivity contribution in [3.8, 4) is 11.3 Å². The maximum atomic E-state index is 5.81. The smallest absolute Gasteiger partial charge is 0.151 e. The Morgan fingerprint density at radius 3 is 2.48 bits per heavy atom. The summed E-state index contributed by atoms with van der Waals surface area (Å²) in [6, 6.07) is 11.8. The van der Waals surface area contributed by atoms with Gasteiger partial charge < -0.3 is 15.5 Å². The summed E-state index contributed by atoms with van der Waals surface area (Å²) >= 11 is 0. The molecule has 2 aromatic rings. The third-order valence-corrected chi connectivity index (χ3v) is 3.98. The Balaban J connectivity index is 1.73. The van der Waals surface area contributed by atoms with E-state index in [9.17, 15) is 0 Å². The largest absolute Gasteiger partial charge is 0.399 e. The molecule has 0 radical (unpaired) electrons. The van der Waals surface area contributed by atoms with Crippen LogP contribution >= 0.6 is 0 Å². The molecule has 0 bridgehead atoms. The van der Waals surface area contributed by atoms with E-state index < -0.39 is 0 Å². The molecule has 0 amide bonds. The van der Waals surface area contributed by atoms with Gasteiger partial charge in [-0.15, -0.1) is 10.2 Å². The number of nitrogens with two attached hydrogens (primary N) is 1. The molecule has 5 nitrogen and oxygen atoms in total. The number of nitrogens with zero attached hydrogens (tertiary/aromatic N) is 4. The number of piperazine rings is 1. The molecule has 1 saturated heterocycles. The van der Waals surface area contributed by atoms with E-state index in [1.807, 2.05) is 36.4 Å². The predicted molar refractivity (Wildman–Crippen MR) is 86.2 cm³/mol. The molecule has 2 heterocycles. The molecule has 0 unspecified atom stereocenters. The molecule has 2 N–H and O–H groups in total. The number of rotatable bonds is 3. The second kappa shape index (κ2) is 6.10. The minimum absolute atomic E-state index is 0.745. The van der Waals surface area contributed by atoms with Gasteiger partial charge in [-0.2, -0.15) is 0 Å². The van der Waals surface area contributed by atoms with E-state index in [2.05, 4.69) is 26.9 Å². The first kappa shape index (κ1) is 13.8. The number of likely N-dealkylation sites (N-methyl/N-ethyl adjacent to an activating group) is 1. The Hall–Kier alpha value is -2.14. The van der Waals surface area contributed by atoms with E-state index in [1.165, 1.54) is 0 Å². The van der Waals surface area contributed by atoms with Gasteiger partial charge >= 0.3 is 0 Å². The zero-order chi connectivity index (χ0) is 14.7. The third kappa shape index (κ3) is 3.13. The number of nitrogen functional groups attached to an aromatic ring is 1. The molecule has 0 atom stereocenters. The van der Waals surface area contributed by atoms with E-state index in [0.29, 0.717) is 0 Å². The summed E-state index contributed by atoms with van der Waals surface area (Å²) in [4.78, 5) is 4.74.